The van der Waals surface area contributed by atoms with E-state index < -0.39 is 11.8 Å². The van der Waals surface area contributed by atoms with Gasteiger partial charge in [0, 0.05) is 20.6 Å². The molecule has 1 rings (SSSR count). The lowest BCUT2D eigenvalue weighted by atomic mass is 10.1. The topological polar surface area (TPSA) is 63.6 Å². The molecule has 17 heavy (non-hydrogen) atoms. The predicted octanol–water partition coefficient (Wildman–Crippen LogP) is 2.85. The summed E-state index contributed by atoms with van der Waals surface area (Å²) in [4.78, 5) is 22.0. The molecule has 0 atom stereocenters. The quantitative estimate of drug-likeness (QED) is 0.388. The minimum absolute atomic E-state index is 0.298. The second-order valence-corrected chi connectivity index (χ2v) is 4.72. The average Bonchev–Trinajstić information content (AvgIpc) is 2.31. The Balaban J connectivity index is 3.00. The highest BCUT2D eigenvalue weighted by Crippen LogP contribution is 2.26. The van der Waals surface area contributed by atoms with Gasteiger partial charge in [0.15, 0.2) is 0 Å². The van der Waals surface area contributed by atoms with Crippen LogP contribution < -0.4 is 0 Å². The van der Waals surface area contributed by atoms with Crippen molar-refractivity contribution in [2.75, 3.05) is 7.11 Å². The number of aliphatic hydroxyl groups is 1. The maximum absolute atomic E-state index is 11.2. The second kappa shape index (κ2) is 5.97. The molecule has 0 unspecified atom stereocenters. The van der Waals surface area contributed by atoms with Crippen molar-refractivity contribution in [3.8, 4) is 0 Å². The maximum Gasteiger partial charge on any atom is 0.378 e. The fraction of sp³-hybridized carbons (Fsp3) is 0.0909. The van der Waals surface area contributed by atoms with Crippen LogP contribution in [0.1, 0.15) is 5.56 Å². The Labute approximate surface area is 115 Å². The van der Waals surface area contributed by atoms with E-state index >= 15 is 0 Å². The molecule has 0 heterocycles. The number of ether oxygens (including phenoxy) is 1. The molecule has 0 aliphatic heterocycles. The van der Waals surface area contributed by atoms with E-state index in [4.69, 9.17) is 0 Å². The fourth-order valence-electron chi connectivity index (χ4n) is 1.02. The van der Waals surface area contributed by atoms with Crippen LogP contribution in [0.25, 0.3) is 5.76 Å². The lowest BCUT2D eigenvalue weighted by Gasteiger charge is -2.02. The van der Waals surface area contributed by atoms with Crippen LogP contribution in [0.5, 0.6) is 0 Å². The Morgan fingerprint density at radius 3 is 2.47 bits per heavy atom. The molecule has 0 radical (unpaired) electrons. The molecule has 0 saturated heterocycles. The van der Waals surface area contributed by atoms with Crippen LogP contribution in [0.4, 0.5) is 0 Å². The van der Waals surface area contributed by atoms with E-state index in [-0.39, 0.29) is 5.76 Å². The van der Waals surface area contributed by atoms with E-state index in [1.165, 1.54) is 0 Å². The van der Waals surface area contributed by atoms with Gasteiger partial charge in [0.2, 0.25) is 0 Å². The monoisotopic (exact) mass is 362 g/mol. The molecule has 1 N–H and O–H groups in total. The van der Waals surface area contributed by atoms with Crippen LogP contribution in [0.3, 0.4) is 0 Å². The number of hydrogen-bond acceptors (Lipinski definition) is 4. The summed E-state index contributed by atoms with van der Waals surface area (Å²) in [6.45, 7) is 0. The summed E-state index contributed by atoms with van der Waals surface area (Å²) in [6, 6.07) is 4.91. The van der Waals surface area contributed by atoms with E-state index in [1.54, 1.807) is 18.2 Å². The third-order valence-electron chi connectivity index (χ3n) is 1.87. The van der Waals surface area contributed by atoms with E-state index in [0.29, 0.717) is 5.56 Å². The SMILES string of the molecule is COC(=O)C(=O)C=C(O)c1ccc(Br)c(Br)c1. The largest absolute Gasteiger partial charge is 0.507 e. The standard InChI is InChI=1S/C11H8Br2O4/c1-17-11(16)10(15)5-9(14)6-2-3-7(12)8(13)4-6/h2-5,14H,1H3. The number of carbonyl (C=O) groups excluding carboxylic acids is 2. The van der Waals surface area contributed by atoms with Gasteiger partial charge in [0.05, 0.1) is 7.11 Å². The Morgan fingerprint density at radius 1 is 1.29 bits per heavy atom. The Hall–Kier alpha value is -1.14. The lowest BCUT2D eigenvalue weighted by Crippen LogP contribution is -2.13. The molecular weight excluding hydrogens is 356 g/mol. The molecular formula is C11H8Br2O4. The summed E-state index contributed by atoms with van der Waals surface area (Å²) in [7, 11) is 1.10. The number of benzene rings is 1. The zero-order chi connectivity index (χ0) is 13.0. The van der Waals surface area contributed by atoms with Crippen molar-refractivity contribution in [2.45, 2.75) is 0 Å². The summed E-state index contributed by atoms with van der Waals surface area (Å²) >= 11 is 6.54. The lowest BCUT2D eigenvalue weighted by molar-refractivity contribution is -0.149. The molecule has 1 aromatic carbocycles. The van der Waals surface area contributed by atoms with Gasteiger partial charge in [-0.3, -0.25) is 4.79 Å². The van der Waals surface area contributed by atoms with Crippen LogP contribution in [0.2, 0.25) is 0 Å². The van der Waals surface area contributed by atoms with Crippen LogP contribution in [-0.2, 0) is 14.3 Å². The first kappa shape index (κ1) is 13.9. The third kappa shape index (κ3) is 3.67. The van der Waals surface area contributed by atoms with Gasteiger partial charge >= 0.3 is 5.97 Å². The van der Waals surface area contributed by atoms with Gasteiger partial charge in [0.1, 0.15) is 5.76 Å². The minimum atomic E-state index is -1.02. The summed E-state index contributed by atoms with van der Waals surface area (Å²) in [6.07, 6.45) is 0.821. The van der Waals surface area contributed by atoms with Gasteiger partial charge < -0.3 is 9.84 Å². The summed E-state index contributed by atoms with van der Waals surface area (Å²) in [5.41, 5.74) is 0.414. The number of esters is 1. The Kier molecular flexibility index (Phi) is 4.89. The highest BCUT2D eigenvalue weighted by Gasteiger charge is 2.13. The van der Waals surface area contributed by atoms with Crippen LogP contribution in [0.15, 0.2) is 33.2 Å². The summed E-state index contributed by atoms with van der Waals surface area (Å²) in [5.74, 6) is -2.23. The van der Waals surface area contributed by atoms with Crippen LogP contribution in [0, 0.1) is 0 Å². The average molecular weight is 364 g/mol. The highest BCUT2D eigenvalue weighted by atomic mass is 79.9. The first-order valence-electron chi connectivity index (χ1n) is 4.44. The first-order valence-corrected chi connectivity index (χ1v) is 6.02. The number of hydrogen-bond donors (Lipinski definition) is 1. The van der Waals surface area contributed by atoms with Crippen molar-refractivity contribution in [3.63, 3.8) is 0 Å². The number of carbonyl (C=O) groups is 2. The van der Waals surface area contributed by atoms with Gasteiger partial charge in [-0.2, -0.15) is 0 Å². The smallest absolute Gasteiger partial charge is 0.378 e. The molecule has 0 bridgehead atoms. The van der Waals surface area contributed by atoms with Crippen LogP contribution >= 0.6 is 31.9 Å². The molecule has 0 spiro atoms. The molecule has 1 aromatic rings. The van der Waals surface area contributed by atoms with Gasteiger partial charge in [-0.1, -0.05) is 6.07 Å². The number of ketones is 1. The Bertz CT molecular complexity index is 494. The summed E-state index contributed by atoms with van der Waals surface area (Å²) in [5, 5.41) is 9.65. The first-order chi connectivity index (χ1) is 7.95. The van der Waals surface area contributed by atoms with Crippen LogP contribution in [-0.4, -0.2) is 24.0 Å². The van der Waals surface area contributed by atoms with E-state index in [9.17, 15) is 14.7 Å². The van der Waals surface area contributed by atoms with Crippen molar-refractivity contribution in [3.05, 3.63) is 38.8 Å². The molecule has 6 heteroatoms. The normalized spacial score (nSPS) is 11.1. The van der Waals surface area contributed by atoms with Crippen molar-refractivity contribution >= 4 is 49.4 Å². The fourth-order valence-corrected chi connectivity index (χ4v) is 1.65. The molecule has 0 aromatic heterocycles. The van der Waals surface area contributed by atoms with Gasteiger partial charge in [-0.15, -0.1) is 0 Å². The number of methoxy groups -OCH3 is 1. The zero-order valence-electron chi connectivity index (χ0n) is 8.74. The molecule has 0 aliphatic carbocycles. The molecule has 90 valence electrons. The molecule has 0 saturated carbocycles. The number of aliphatic hydroxyl groups excluding tert-OH is 1. The van der Waals surface area contributed by atoms with Gasteiger partial charge in [0.25, 0.3) is 5.78 Å². The minimum Gasteiger partial charge on any atom is -0.507 e. The summed E-state index contributed by atoms with van der Waals surface area (Å²) < 4.78 is 5.77. The van der Waals surface area contributed by atoms with Crippen molar-refractivity contribution in [1.29, 1.82) is 0 Å². The van der Waals surface area contributed by atoms with Crippen molar-refractivity contribution in [1.82, 2.24) is 0 Å². The molecule has 4 nitrogen and oxygen atoms in total. The van der Waals surface area contributed by atoms with E-state index in [0.717, 1.165) is 22.1 Å². The van der Waals surface area contributed by atoms with E-state index in [2.05, 4.69) is 36.6 Å². The van der Waals surface area contributed by atoms with Gasteiger partial charge in [-0.25, -0.2) is 4.79 Å². The Morgan fingerprint density at radius 2 is 1.94 bits per heavy atom. The number of rotatable bonds is 3. The highest BCUT2D eigenvalue weighted by molar-refractivity contribution is 9.13. The van der Waals surface area contributed by atoms with E-state index in [1.807, 2.05) is 0 Å². The van der Waals surface area contributed by atoms with Crippen molar-refractivity contribution in [2.24, 2.45) is 0 Å². The maximum atomic E-state index is 11.2. The third-order valence-corrected chi connectivity index (χ3v) is 3.75. The van der Waals surface area contributed by atoms with Crippen molar-refractivity contribution < 1.29 is 19.4 Å². The van der Waals surface area contributed by atoms with Gasteiger partial charge in [-0.05, 0) is 44.0 Å². The second-order valence-electron chi connectivity index (χ2n) is 3.01. The zero-order valence-corrected chi connectivity index (χ0v) is 11.9. The molecule has 0 aliphatic rings. The predicted molar refractivity (Wildman–Crippen MR) is 69.5 cm³/mol. The molecule has 0 amide bonds. The number of halogens is 2. The molecule has 0 fully saturated rings.